The molecule has 0 radical (unpaired) electrons. The van der Waals surface area contributed by atoms with Crippen molar-refractivity contribution in [1.82, 2.24) is 4.98 Å². The monoisotopic (exact) mass is 285 g/mol. The quantitative estimate of drug-likeness (QED) is 0.881. The van der Waals surface area contributed by atoms with Crippen molar-refractivity contribution in [1.29, 1.82) is 0 Å². The van der Waals surface area contributed by atoms with Crippen LogP contribution in [0.4, 0.5) is 16.2 Å². The fourth-order valence-corrected chi connectivity index (χ4v) is 1.76. The van der Waals surface area contributed by atoms with Crippen molar-refractivity contribution < 1.29 is 9.53 Å². The molecule has 21 heavy (non-hydrogen) atoms. The first-order valence-electron chi connectivity index (χ1n) is 6.86. The third kappa shape index (κ3) is 4.80. The second-order valence-electron chi connectivity index (χ2n) is 4.58. The molecule has 1 amide bonds. The summed E-state index contributed by atoms with van der Waals surface area (Å²) >= 11 is 0. The summed E-state index contributed by atoms with van der Waals surface area (Å²) in [5.41, 5.74) is 3.81. The Morgan fingerprint density at radius 3 is 2.48 bits per heavy atom. The number of pyridine rings is 1. The van der Waals surface area contributed by atoms with Gasteiger partial charge >= 0.3 is 6.09 Å². The minimum atomic E-state index is -0.441. The standard InChI is InChI=1S/C16H19N3O2/c1-3-21-16(20)19-15-8-6-14(7-9-15)18-11-13-5-4-12(2)17-10-13/h4-10,18H,3,11H2,1-2H3,(H,19,20). The Labute approximate surface area is 124 Å². The van der Waals surface area contributed by atoms with Crippen LogP contribution >= 0.6 is 0 Å². The van der Waals surface area contributed by atoms with Crippen molar-refractivity contribution in [2.24, 2.45) is 0 Å². The van der Waals surface area contributed by atoms with Gasteiger partial charge in [-0.1, -0.05) is 6.07 Å². The summed E-state index contributed by atoms with van der Waals surface area (Å²) in [6, 6.07) is 11.5. The number of nitrogens with zero attached hydrogens (tertiary/aromatic N) is 1. The molecule has 0 bridgehead atoms. The maximum atomic E-state index is 11.3. The van der Waals surface area contributed by atoms with Gasteiger partial charge in [-0.3, -0.25) is 10.3 Å². The topological polar surface area (TPSA) is 63.2 Å². The Bertz CT molecular complexity index is 579. The molecule has 0 aliphatic heterocycles. The number of nitrogens with one attached hydrogen (secondary N) is 2. The van der Waals surface area contributed by atoms with Crippen LogP contribution < -0.4 is 10.6 Å². The lowest BCUT2D eigenvalue weighted by Crippen LogP contribution is -2.13. The minimum absolute atomic E-state index is 0.357. The van der Waals surface area contributed by atoms with E-state index in [1.54, 1.807) is 6.92 Å². The van der Waals surface area contributed by atoms with Crippen LogP contribution in [-0.2, 0) is 11.3 Å². The van der Waals surface area contributed by atoms with Crippen LogP contribution in [0.1, 0.15) is 18.2 Å². The Morgan fingerprint density at radius 2 is 1.86 bits per heavy atom. The molecule has 110 valence electrons. The number of ether oxygens (including phenoxy) is 1. The zero-order chi connectivity index (χ0) is 15.1. The number of carbonyl (C=O) groups excluding carboxylic acids is 1. The van der Waals surface area contributed by atoms with E-state index in [0.717, 1.165) is 16.9 Å². The van der Waals surface area contributed by atoms with Crippen molar-refractivity contribution in [3.8, 4) is 0 Å². The fourth-order valence-electron chi connectivity index (χ4n) is 1.76. The summed E-state index contributed by atoms with van der Waals surface area (Å²) < 4.78 is 4.82. The van der Waals surface area contributed by atoms with Crippen LogP contribution in [0.5, 0.6) is 0 Å². The number of aryl methyl sites for hydroxylation is 1. The molecule has 5 nitrogen and oxygen atoms in total. The van der Waals surface area contributed by atoms with Crippen LogP contribution in [-0.4, -0.2) is 17.7 Å². The molecule has 1 aromatic carbocycles. The Hall–Kier alpha value is -2.56. The molecule has 0 aliphatic carbocycles. The first-order chi connectivity index (χ1) is 10.2. The molecule has 2 aromatic rings. The molecule has 0 saturated carbocycles. The van der Waals surface area contributed by atoms with Crippen molar-refractivity contribution >= 4 is 17.5 Å². The molecule has 0 atom stereocenters. The lowest BCUT2D eigenvalue weighted by atomic mass is 10.2. The van der Waals surface area contributed by atoms with Gasteiger partial charge in [0.15, 0.2) is 0 Å². The molecule has 2 rings (SSSR count). The highest BCUT2D eigenvalue weighted by molar-refractivity contribution is 5.84. The number of rotatable bonds is 5. The molecule has 0 aliphatic rings. The van der Waals surface area contributed by atoms with Gasteiger partial charge in [0, 0.05) is 29.8 Å². The number of amides is 1. The van der Waals surface area contributed by atoms with Crippen molar-refractivity contribution in [3.05, 3.63) is 53.9 Å². The lowest BCUT2D eigenvalue weighted by molar-refractivity contribution is 0.168. The number of hydrogen-bond donors (Lipinski definition) is 2. The van der Waals surface area contributed by atoms with Crippen molar-refractivity contribution in [2.45, 2.75) is 20.4 Å². The predicted molar refractivity (Wildman–Crippen MR) is 83.4 cm³/mol. The molecule has 0 fully saturated rings. The van der Waals surface area contributed by atoms with E-state index in [9.17, 15) is 4.79 Å². The summed E-state index contributed by atoms with van der Waals surface area (Å²) in [6.45, 7) is 4.80. The van der Waals surface area contributed by atoms with Gasteiger partial charge in [-0.2, -0.15) is 0 Å². The second kappa shape index (κ2) is 7.28. The maximum Gasteiger partial charge on any atom is 0.411 e. The van der Waals surface area contributed by atoms with Crippen molar-refractivity contribution in [3.63, 3.8) is 0 Å². The average Bonchev–Trinajstić information content (AvgIpc) is 2.48. The molecular weight excluding hydrogens is 266 g/mol. The fraction of sp³-hybridized carbons (Fsp3) is 0.250. The van der Waals surface area contributed by atoms with E-state index in [-0.39, 0.29) is 0 Å². The molecular formula is C16H19N3O2. The highest BCUT2D eigenvalue weighted by Crippen LogP contribution is 2.14. The zero-order valence-electron chi connectivity index (χ0n) is 12.2. The van der Waals surface area contributed by atoms with E-state index in [0.29, 0.717) is 18.8 Å². The largest absolute Gasteiger partial charge is 0.450 e. The summed E-state index contributed by atoms with van der Waals surface area (Å²) in [5.74, 6) is 0. The summed E-state index contributed by atoms with van der Waals surface area (Å²) in [6.07, 6.45) is 1.42. The van der Waals surface area contributed by atoms with Crippen LogP contribution in [0, 0.1) is 6.92 Å². The highest BCUT2D eigenvalue weighted by atomic mass is 16.5. The van der Waals surface area contributed by atoms with Gasteiger partial charge in [-0.15, -0.1) is 0 Å². The van der Waals surface area contributed by atoms with Gasteiger partial charge in [-0.05, 0) is 49.7 Å². The van der Waals surface area contributed by atoms with Crippen LogP contribution in [0.3, 0.4) is 0 Å². The van der Waals surface area contributed by atoms with Crippen LogP contribution in [0.25, 0.3) is 0 Å². The van der Waals surface area contributed by atoms with Gasteiger partial charge in [-0.25, -0.2) is 4.79 Å². The van der Waals surface area contributed by atoms with Crippen LogP contribution in [0.2, 0.25) is 0 Å². The van der Waals surface area contributed by atoms with Gasteiger partial charge in [0.25, 0.3) is 0 Å². The number of aromatic nitrogens is 1. The van der Waals surface area contributed by atoms with E-state index in [4.69, 9.17) is 4.74 Å². The number of carbonyl (C=O) groups is 1. The number of benzene rings is 1. The summed E-state index contributed by atoms with van der Waals surface area (Å²) in [7, 11) is 0. The number of hydrogen-bond acceptors (Lipinski definition) is 4. The van der Waals surface area contributed by atoms with E-state index in [2.05, 4.69) is 15.6 Å². The normalized spacial score (nSPS) is 10.0. The predicted octanol–water partition coefficient (Wildman–Crippen LogP) is 3.57. The third-order valence-electron chi connectivity index (χ3n) is 2.88. The van der Waals surface area contributed by atoms with E-state index < -0.39 is 6.09 Å². The molecule has 5 heteroatoms. The van der Waals surface area contributed by atoms with Gasteiger partial charge < -0.3 is 10.1 Å². The Morgan fingerprint density at radius 1 is 1.14 bits per heavy atom. The molecule has 0 saturated heterocycles. The van der Waals surface area contributed by atoms with Gasteiger partial charge in [0.1, 0.15) is 0 Å². The van der Waals surface area contributed by atoms with Gasteiger partial charge in [0.2, 0.25) is 0 Å². The third-order valence-corrected chi connectivity index (χ3v) is 2.88. The molecule has 2 N–H and O–H groups in total. The molecule has 0 spiro atoms. The van der Waals surface area contributed by atoms with Crippen molar-refractivity contribution in [2.75, 3.05) is 17.2 Å². The van der Waals surface area contributed by atoms with Gasteiger partial charge in [0.05, 0.1) is 6.61 Å². The lowest BCUT2D eigenvalue weighted by Gasteiger charge is -2.08. The van der Waals surface area contributed by atoms with Crippen LogP contribution in [0.15, 0.2) is 42.6 Å². The summed E-state index contributed by atoms with van der Waals surface area (Å²) in [5, 5.41) is 5.95. The minimum Gasteiger partial charge on any atom is -0.450 e. The maximum absolute atomic E-state index is 11.3. The summed E-state index contributed by atoms with van der Waals surface area (Å²) in [4.78, 5) is 15.5. The average molecular weight is 285 g/mol. The first-order valence-corrected chi connectivity index (χ1v) is 6.86. The first kappa shape index (κ1) is 14.8. The smallest absolute Gasteiger partial charge is 0.411 e. The zero-order valence-corrected chi connectivity index (χ0v) is 12.2. The number of anilines is 2. The molecule has 0 unspecified atom stereocenters. The second-order valence-corrected chi connectivity index (χ2v) is 4.58. The Kier molecular flexibility index (Phi) is 5.15. The molecule has 1 aromatic heterocycles. The van der Waals surface area contributed by atoms with E-state index in [1.165, 1.54) is 0 Å². The SMILES string of the molecule is CCOC(=O)Nc1ccc(NCc2ccc(C)nc2)cc1. The van der Waals surface area contributed by atoms with E-state index in [1.807, 2.05) is 49.5 Å². The Balaban J connectivity index is 1.87. The molecule has 1 heterocycles. The highest BCUT2D eigenvalue weighted by Gasteiger charge is 2.01. The van der Waals surface area contributed by atoms with E-state index >= 15 is 0 Å².